The number of rotatable bonds is 5. The fourth-order valence-electron chi connectivity index (χ4n) is 2.05. The van der Waals surface area contributed by atoms with E-state index in [1.54, 1.807) is 16.8 Å². The smallest absolute Gasteiger partial charge is 0.250 e. The minimum atomic E-state index is -0.0427. The van der Waals surface area contributed by atoms with Crippen molar-refractivity contribution in [1.29, 1.82) is 0 Å². The van der Waals surface area contributed by atoms with E-state index in [-0.39, 0.29) is 5.56 Å². The summed E-state index contributed by atoms with van der Waals surface area (Å²) in [5, 5.41) is 0. The van der Waals surface area contributed by atoms with Gasteiger partial charge in [0.15, 0.2) is 0 Å². The summed E-state index contributed by atoms with van der Waals surface area (Å²) in [5.41, 5.74) is 6.19. The molecule has 0 bridgehead atoms. The molecule has 5 heteroatoms. The van der Waals surface area contributed by atoms with E-state index < -0.39 is 0 Å². The molecule has 1 aromatic rings. The molecule has 2 heterocycles. The standard InChI is InChI=1S/C13H20N2O3/c14-12-1-2-13(16)15(9-12)5-8-18-10-11-3-6-17-7-4-11/h1-2,9,11H,3-8,10,14H2. The zero-order valence-corrected chi connectivity index (χ0v) is 10.5. The Balaban J connectivity index is 1.71. The highest BCUT2D eigenvalue weighted by molar-refractivity contribution is 5.33. The predicted molar refractivity (Wildman–Crippen MR) is 69.5 cm³/mol. The molecular formula is C13H20N2O3. The number of aromatic nitrogens is 1. The minimum absolute atomic E-state index is 0.0427. The molecule has 0 aliphatic carbocycles. The van der Waals surface area contributed by atoms with Gasteiger partial charge in [0.2, 0.25) is 0 Å². The van der Waals surface area contributed by atoms with Crippen molar-refractivity contribution in [1.82, 2.24) is 4.57 Å². The molecule has 0 saturated carbocycles. The normalized spacial score (nSPS) is 16.9. The Bertz CT molecular complexity index is 424. The largest absolute Gasteiger partial charge is 0.398 e. The number of hydrogen-bond donors (Lipinski definition) is 1. The van der Waals surface area contributed by atoms with E-state index in [4.69, 9.17) is 15.2 Å². The van der Waals surface area contributed by atoms with E-state index in [1.807, 2.05) is 0 Å². The fraction of sp³-hybridized carbons (Fsp3) is 0.615. The van der Waals surface area contributed by atoms with Crippen molar-refractivity contribution in [3.63, 3.8) is 0 Å². The van der Waals surface area contributed by atoms with Crippen LogP contribution in [0.3, 0.4) is 0 Å². The van der Waals surface area contributed by atoms with E-state index >= 15 is 0 Å². The molecule has 5 nitrogen and oxygen atoms in total. The quantitative estimate of drug-likeness (QED) is 0.790. The van der Waals surface area contributed by atoms with Gasteiger partial charge >= 0.3 is 0 Å². The average Bonchev–Trinajstić information content (AvgIpc) is 2.40. The Morgan fingerprint density at radius 1 is 1.39 bits per heavy atom. The van der Waals surface area contributed by atoms with Crippen LogP contribution in [0.25, 0.3) is 0 Å². The molecule has 0 aromatic carbocycles. The second kappa shape index (κ2) is 6.56. The first-order chi connectivity index (χ1) is 8.75. The van der Waals surface area contributed by atoms with Crippen LogP contribution in [0.5, 0.6) is 0 Å². The summed E-state index contributed by atoms with van der Waals surface area (Å²) in [6.07, 6.45) is 3.79. The zero-order valence-electron chi connectivity index (χ0n) is 10.5. The van der Waals surface area contributed by atoms with Crippen LogP contribution < -0.4 is 11.3 Å². The molecule has 2 N–H and O–H groups in total. The van der Waals surface area contributed by atoms with E-state index in [0.29, 0.717) is 24.8 Å². The van der Waals surface area contributed by atoms with Gasteiger partial charge < -0.3 is 19.8 Å². The summed E-state index contributed by atoms with van der Waals surface area (Å²) in [6.45, 7) is 3.51. The molecule has 18 heavy (non-hydrogen) atoms. The lowest BCUT2D eigenvalue weighted by molar-refractivity contribution is 0.0187. The monoisotopic (exact) mass is 252 g/mol. The zero-order chi connectivity index (χ0) is 12.8. The summed E-state index contributed by atoms with van der Waals surface area (Å²) < 4.78 is 12.5. The molecule has 1 aliphatic rings. The molecule has 0 amide bonds. The molecule has 1 fully saturated rings. The number of ether oxygens (including phenoxy) is 2. The van der Waals surface area contributed by atoms with Gasteiger partial charge in [0.05, 0.1) is 6.61 Å². The molecule has 0 radical (unpaired) electrons. The molecule has 100 valence electrons. The van der Waals surface area contributed by atoms with Crippen molar-refractivity contribution in [2.75, 3.05) is 32.2 Å². The van der Waals surface area contributed by atoms with Gasteiger partial charge in [-0.3, -0.25) is 4.79 Å². The summed E-state index contributed by atoms with van der Waals surface area (Å²) in [4.78, 5) is 11.5. The summed E-state index contributed by atoms with van der Waals surface area (Å²) >= 11 is 0. The van der Waals surface area contributed by atoms with Crippen LogP contribution in [0.2, 0.25) is 0 Å². The molecule has 0 atom stereocenters. The van der Waals surface area contributed by atoms with Crippen molar-refractivity contribution in [2.24, 2.45) is 5.92 Å². The van der Waals surface area contributed by atoms with Crippen LogP contribution in [-0.4, -0.2) is 31.0 Å². The third kappa shape index (κ3) is 3.85. The van der Waals surface area contributed by atoms with Gasteiger partial charge in [-0.25, -0.2) is 0 Å². The van der Waals surface area contributed by atoms with Crippen molar-refractivity contribution in [3.8, 4) is 0 Å². The topological polar surface area (TPSA) is 66.5 Å². The van der Waals surface area contributed by atoms with E-state index in [9.17, 15) is 4.79 Å². The maximum absolute atomic E-state index is 11.5. The highest BCUT2D eigenvalue weighted by Gasteiger charge is 2.13. The maximum Gasteiger partial charge on any atom is 0.250 e. The van der Waals surface area contributed by atoms with Crippen LogP contribution in [0.15, 0.2) is 23.1 Å². The predicted octanol–water partition coefficient (Wildman–Crippen LogP) is 0.874. The maximum atomic E-state index is 11.5. The van der Waals surface area contributed by atoms with Gasteiger partial charge in [-0.15, -0.1) is 0 Å². The third-order valence-corrected chi connectivity index (χ3v) is 3.18. The van der Waals surface area contributed by atoms with E-state index in [2.05, 4.69) is 0 Å². The SMILES string of the molecule is Nc1ccc(=O)n(CCOCC2CCOCC2)c1. The van der Waals surface area contributed by atoms with Gasteiger partial charge in [-0.2, -0.15) is 0 Å². The van der Waals surface area contributed by atoms with Crippen molar-refractivity contribution >= 4 is 5.69 Å². The molecule has 1 aliphatic heterocycles. The number of nitrogens with zero attached hydrogens (tertiary/aromatic N) is 1. The summed E-state index contributed by atoms with van der Waals surface area (Å²) in [6, 6.07) is 3.09. The number of pyridine rings is 1. The Morgan fingerprint density at radius 2 is 2.17 bits per heavy atom. The van der Waals surface area contributed by atoms with Crippen LogP contribution in [0.4, 0.5) is 5.69 Å². The Kier molecular flexibility index (Phi) is 4.78. The van der Waals surface area contributed by atoms with Crippen LogP contribution in [-0.2, 0) is 16.0 Å². The van der Waals surface area contributed by atoms with Gasteiger partial charge in [0, 0.05) is 44.3 Å². The van der Waals surface area contributed by atoms with Crippen LogP contribution in [0, 0.1) is 5.92 Å². The molecule has 2 rings (SSSR count). The van der Waals surface area contributed by atoms with Gasteiger partial charge in [-0.1, -0.05) is 0 Å². The lowest BCUT2D eigenvalue weighted by atomic mass is 10.0. The van der Waals surface area contributed by atoms with Gasteiger partial charge in [0.1, 0.15) is 0 Å². The average molecular weight is 252 g/mol. The number of nitrogen functional groups attached to an aromatic ring is 1. The molecule has 1 saturated heterocycles. The number of nitrogens with two attached hydrogens (primary N) is 1. The first-order valence-electron chi connectivity index (χ1n) is 6.37. The van der Waals surface area contributed by atoms with Crippen molar-refractivity contribution in [3.05, 3.63) is 28.7 Å². The second-order valence-electron chi connectivity index (χ2n) is 4.62. The van der Waals surface area contributed by atoms with Gasteiger partial charge in [0.25, 0.3) is 5.56 Å². The van der Waals surface area contributed by atoms with E-state index in [1.165, 1.54) is 6.07 Å². The van der Waals surface area contributed by atoms with Crippen LogP contribution in [0.1, 0.15) is 12.8 Å². The lowest BCUT2D eigenvalue weighted by Crippen LogP contribution is -2.24. The molecule has 0 spiro atoms. The molecule has 1 aromatic heterocycles. The molecular weight excluding hydrogens is 232 g/mol. The minimum Gasteiger partial charge on any atom is -0.398 e. The Labute approximate surface area is 107 Å². The van der Waals surface area contributed by atoms with Crippen molar-refractivity contribution in [2.45, 2.75) is 19.4 Å². The van der Waals surface area contributed by atoms with Crippen molar-refractivity contribution < 1.29 is 9.47 Å². The van der Waals surface area contributed by atoms with Crippen LogP contribution >= 0.6 is 0 Å². The summed E-state index contributed by atoms with van der Waals surface area (Å²) in [7, 11) is 0. The Hall–Kier alpha value is -1.33. The summed E-state index contributed by atoms with van der Waals surface area (Å²) in [5.74, 6) is 0.594. The first-order valence-corrected chi connectivity index (χ1v) is 6.37. The second-order valence-corrected chi connectivity index (χ2v) is 4.62. The Morgan fingerprint density at radius 3 is 2.94 bits per heavy atom. The first kappa shape index (κ1) is 13.1. The molecule has 0 unspecified atom stereocenters. The highest BCUT2D eigenvalue weighted by Crippen LogP contribution is 2.14. The lowest BCUT2D eigenvalue weighted by Gasteiger charge is -2.21. The number of anilines is 1. The highest BCUT2D eigenvalue weighted by atomic mass is 16.5. The van der Waals surface area contributed by atoms with Gasteiger partial charge in [-0.05, 0) is 24.8 Å². The number of hydrogen-bond acceptors (Lipinski definition) is 4. The van der Waals surface area contributed by atoms with E-state index in [0.717, 1.165) is 32.7 Å². The third-order valence-electron chi connectivity index (χ3n) is 3.18. The fourth-order valence-corrected chi connectivity index (χ4v) is 2.05.